The topological polar surface area (TPSA) is 79.5 Å². The zero-order valence-corrected chi connectivity index (χ0v) is 18.7. The highest BCUT2D eigenvalue weighted by Crippen LogP contribution is 2.23. The van der Waals surface area contributed by atoms with Gasteiger partial charge in [-0.25, -0.2) is 0 Å². The maximum Gasteiger partial charge on any atom is 0.261 e. The first-order valence-electron chi connectivity index (χ1n) is 9.21. The Morgan fingerprint density at radius 3 is 2.52 bits per heavy atom. The molecule has 2 rings (SSSR count). The lowest BCUT2D eigenvalue weighted by atomic mass is 10.1. The van der Waals surface area contributed by atoms with Crippen molar-refractivity contribution in [2.75, 3.05) is 6.61 Å². The van der Waals surface area contributed by atoms with Crippen molar-refractivity contribution < 1.29 is 14.3 Å². The molecule has 3 N–H and O–H groups in total. The van der Waals surface area contributed by atoms with Crippen molar-refractivity contribution in [1.82, 2.24) is 16.2 Å². The fraction of sp³-hybridized carbons (Fsp3) is 0.286. The van der Waals surface area contributed by atoms with Crippen LogP contribution in [0.25, 0.3) is 0 Å². The van der Waals surface area contributed by atoms with E-state index in [1.54, 1.807) is 12.1 Å². The summed E-state index contributed by atoms with van der Waals surface area (Å²) in [7, 11) is 0. The second kappa shape index (κ2) is 11.5. The third-order valence-electron chi connectivity index (χ3n) is 3.89. The summed E-state index contributed by atoms with van der Waals surface area (Å²) in [5, 5.41) is 2.54. The number of hydrazine groups is 1. The summed E-state index contributed by atoms with van der Waals surface area (Å²) in [4.78, 5) is 24.6. The molecule has 0 fully saturated rings. The van der Waals surface area contributed by atoms with Crippen molar-refractivity contribution in [3.63, 3.8) is 0 Å². The van der Waals surface area contributed by atoms with Crippen LogP contribution in [0.5, 0.6) is 5.75 Å². The molecule has 0 aromatic heterocycles. The Bertz CT molecular complexity index is 860. The molecule has 0 bridgehead atoms. The number of thiocarbonyl (C=S) groups is 1. The number of carbonyl (C=O) groups is 2. The summed E-state index contributed by atoms with van der Waals surface area (Å²) < 4.78 is 6.50. The fourth-order valence-corrected chi connectivity index (χ4v) is 2.87. The van der Waals surface area contributed by atoms with Crippen LogP contribution >= 0.6 is 28.1 Å². The van der Waals surface area contributed by atoms with Crippen molar-refractivity contribution in [1.29, 1.82) is 0 Å². The van der Waals surface area contributed by atoms with Crippen molar-refractivity contribution in [3.8, 4) is 5.75 Å². The third kappa shape index (κ3) is 8.21. The minimum Gasteiger partial charge on any atom is -0.493 e. The number of benzene rings is 2. The summed E-state index contributed by atoms with van der Waals surface area (Å²) in [6, 6.07) is 14.5. The Labute approximate surface area is 184 Å². The molecule has 2 aromatic carbocycles. The lowest BCUT2D eigenvalue weighted by Crippen LogP contribution is -2.48. The number of hydrogen-bond acceptors (Lipinski definition) is 4. The summed E-state index contributed by atoms with van der Waals surface area (Å²) in [5.74, 6) is 0.273. The van der Waals surface area contributed by atoms with E-state index in [-0.39, 0.29) is 17.4 Å². The SMILES string of the molecule is CC(C)CCOc1ccc(Br)cc1C(=O)NC(=S)NNC(=O)Cc1ccccc1. The minimum absolute atomic E-state index is 0.00971. The predicted octanol–water partition coefficient (Wildman–Crippen LogP) is 3.75. The van der Waals surface area contributed by atoms with Crippen LogP contribution in [0.3, 0.4) is 0 Å². The van der Waals surface area contributed by atoms with Gasteiger partial charge in [0.1, 0.15) is 5.75 Å². The van der Waals surface area contributed by atoms with Gasteiger partial charge < -0.3 is 4.74 Å². The highest BCUT2D eigenvalue weighted by atomic mass is 79.9. The Morgan fingerprint density at radius 2 is 1.83 bits per heavy atom. The van der Waals surface area contributed by atoms with Crippen LogP contribution in [0.4, 0.5) is 0 Å². The van der Waals surface area contributed by atoms with Gasteiger partial charge in [0.05, 0.1) is 18.6 Å². The lowest BCUT2D eigenvalue weighted by molar-refractivity contribution is -0.121. The van der Waals surface area contributed by atoms with Gasteiger partial charge in [-0.15, -0.1) is 0 Å². The second-order valence-electron chi connectivity index (χ2n) is 6.79. The molecule has 154 valence electrons. The smallest absolute Gasteiger partial charge is 0.261 e. The first-order chi connectivity index (χ1) is 13.8. The number of hydrogen-bond donors (Lipinski definition) is 3. The number of nitrogens with one attached hydrogen (secondary N) is 3. The first-order valence-corrected chi connectivity index (χ1v) is 10.4. The monoisotopic (exact) mass is 477 g/mol. The van der Waals surface area contributed by atoms with Crippen molar-refractivity contribution in [3.05, 3.63) is 64.1 Å². The van der Waals surface area contributed by atoms with Crippen LogP contribution in [0.1, 0.15) is 36.2 Å². The molecule has 0 aliphatic rings. The van der Waals surface area contributed by atoms with Crippen LogP contribution in [0.2, 0.25) is 0 Å². The van der Waals surface area contributed by atoms with Crippen LogP contribution in [0, 0.1) is 5.92 Å². The van der Waals surface area contributed by atoms with Crippen LogP contribution in [0.15, 0.2) is 53.0 Å². The second-order valence-corrected chi connectivity index (χ2v) is 8.11. The van der Waals surface area contributed by atoms with Crippen LogP contribution in [-0.4, -0.2) is 23.5 Å². The molecule has 8 heteroatoms. The fourth-order valence-electron chi connectivity index (χ4n) is 2.36. The van der Waals surface area contributed by atoms with Gasteiger partial charge in [0.15, 0.2) is 5.11 Å². The Morgan fingerprint density at radius 1 is 1.10 bits per heavy atom. The summed E-state index contributed by atoms with van der Waals surface area (Å²) >= 11 is 8.46. The van der Waals surface area contributed by atoms with E-state index in [4.69, 9.17) is 17.0 Å². The molecular weight excluding hydrogens is 454 g/mol. The number of ether oxygens (including phenoxy) is 1. The summed E-state index contributed by atoms with van der Waals surface area (Å²) in [6.45, 7) is 4.72. The third-order valence-corrected chi connectivity index (χ3v) is 4.59. The largest absolute Gasteiger partial charge is 0.493 e. The number of halogens is 1. The molecule has 0 atom stereocenters. The molecule has 0 saturated carbocycles. The standard InChI is InChI=1S/C21H24BrN3O3S/c1-14(2)10-11-28-18-9-8-16(22)13-17(18)20(27)23-21(29)25-24-19(26)12-15-6-4-3-5-7-15/h3-9,13-14H,10-12H2,1-2H3,(H,24,26)(H2,23,25,27,29). The van der Waals surface area contributed by atoms with E-state index in [9.17, 15) is 9.59 Å². The molecule has 2 amide bonds. The zero-order valence-electron chi connectivity index (χ0n) is 16.3. The molecule has 0 aliphatic heterocycles. The molecular formula is C21H24BrN3O3S. The van der Waals surface area contributed by atoms with Gasteiger partial charge >= 0.3 is 0 Å². The van der Waals surface area contributed by atoms with Gasteiger partial charge in [0.25, 0.3) is 5.91 Å². The number of amides is 2. The molecule has 0 radical (unpaired) electrons. The maximum atomic E-state index is 12.6. The number of rotatable bonds is 7. The van der Waals surface area contributed by atoms with E-state index in [2.05, 4.69) is 45.9 Å². The van der Waals surface area contributed by atoms with Crippen LogP contribution in [-0.2, 0) is 11.2 Å². The van der Waals surface area contributed by atoms with E-state index in [0.717, 1.165) is 16.5 Å². The van der Waals surface area contributed by atoms with Crippen LogP contribution < -0.4 is 20.9 Å². The van der Waals surface area contributed by atoms with Crippen molar-refractivity contribution in [2.24, 2.45) is 5.92 Å². The van der Waals surface area contributed by atoms with Gasteiger partial charge in [-0.1, -0.05) is 60.1 Å². The summed E-state index contributed by atoms with van der Waals surface area (Å²) in [6.07, 6.45) is 1.08. The molecule has 0 saturated heterocycles. The molecule has 2 aromatic rings. The highest BCUT2D eigenvalue weighted by Gasteiger charge is 2.15. The molecule has 0 unspecified atom stereocenters. The average molecular weight is 478 g/mol. The lowest BCUT2D eigenvalue weighted by Gasteiger charge is -2.14. The predicted molar refractivity (Wildman–Crippen MR) is 121 cm³/mol. The van der Waals surface area contributed by atoms with Gasteiger partial charge in [0, 0.05) is 4.47 Å². The van der Waals surface area contributed by atoms with Crippen molar-refractivity contribution in [2.45, 2.75) is 26.7 Å². The zero-order chi connectivity index (χ0) is 21.2. The molecule has 0 spiro atoms. The average Bonchev–Trinajstić information content (AvgIpc) is 2.68. The van der Waals surface area contributed by atoms with E-state index < -0.39 is 5.91 Å². The Hall–Kier alpha value is -2.45. The molecule has 29 heavy (non-hydrogen) atoms. The molecule has 6 nitrogen and oxygen atoms in total. The van der Waals surface area contributed by atoms with Gasteiger partial charge in [-0.05, 0) is 48.3 Å². The summed E-state index contributed by atoms with van der Waals surface area (Å²) in [5.41, 5.74) is 6.24. The van der Waals surface area contributed by atoms with Gasteiger partial charge in [-0.3, -0.25) is 25.8 Å². The maximum absolute atomic E-state index is 12.6. The Kier molecular flexibility index (Phi) is 9.08. The van der Waals surface area contributed by atoms with E-state index in [1.165, 1.54) is 0 Å². The van der Waals surface area contributed by atoms with Gasteiger partial charge in [0.2, 0.25) is 5.91 Å². The van der Waals surface area contributed by atoms with E-state index >= 15 is 0 Å². The highest BCUT2D eigenvalue weighted by molar-refractivity contribution is 9.10. The first kappa shape index (κ1) is 22.8. The molecule has 0 aliphatic carbocycles. The Balaban J connectivity index is 1.89. The molecule has 0 heterocycles. The van der Waals surface area contributed by atoms with Gasteiger partial charge in [-0.2, -0.15) is 0 Å². The normalized spacial score (nSPS) is 10.3. The van der Waals surface area contributed by atoms with Crippen molar-refractivity contribution >= 4 is 45.1 Å². The number of carbonyl (C=O) groups excluding carboxylic acids is 2. The van der Waals surface area contributed by atoms with E-state index in [0.29, 0.717) is 23.8 Å². The quantitative estimate of drug-likeness (QED) is 0.417. The minimum atomic E-state index is -0.430. The van der Waals surface area contributed by atoms with E-state index in [1.807, 2.05) is 36.4 Å².